The molecule has 80 valence electrons. The molecule has 0 unspecified atom stereocenters. The van der Waals surface area contributed by atoms with E-state index in [0.29, 0.717) is 23.8 Å². The van der Waals surface area contributed by atoms with E-state index in [2.05, 4.69) is 27.9 Å². The van der Waals surface area contributed by atoms with Gasteiger partial charge in [-0.3, -0.25) is 4.79 Å². The fourth-order valence-electron chi connectivity index (χ4n) is 1.23. The Bertz CT molecular complexity index is 393. The number of nitrogens with one attached hydrogen (secondary N) is 1. The summed E-state index contributed by atoms with van der Waals surface area (Å²) in [7, 11) is 0. The van der Waals surface area contributed by atoms with Crippen molar-refractivity contribution in [2.45, 2.75) is 6.04 Å². The highest BCUT2D eigenvalue weighted by molar-refractivity contribution is 14.1. The van der Waals surface area contributed by atoms with E-state index in [1.54, 1.807) is 18.2 Å². The Morgan fingerprint density at radius 1 is 1.53 bits per heavy atom. The fourth-order valence-corrected chi connectivity index (χ4v) is 1.86. The molecule has 1 aromatic carbocycles. The SMILES string of the molecule is O=C(NC1COC1)c1ccc(Cl)c(I)c1. The normalized spacial score (nSPS) is 15.9. The lowest BCUT2D eigenvalue weighted by Crippen LogP contribution is -2.48. The summed E-state index contributed by atoms with van der Waals surface area (Å²) in [5.41, 5.74) is 0.635. The summed E-state index contributed by atoms with van der Waals surface area (Å²) in [6, 6.07) is 5.39. The van der Waals surface area contributed by atoms with E-state index < -0.39 is 0 Å². The Balaban J connectivity index is 2.07. The minimum absolute atomic E-state index is 0.0714. The molecule has 1 aliphatic rings. The summed E-state index contributed by atoms with van der Waals surface area (Å²) in [5, 5.41) is 3.53. The second-order valence-corrected chi connectivity index (χ2v) is 4.91. The molecule has 0 radical (unpaired) electrons. The van der Waals surface area contributed by atoms with Gasteiger partial charge in [-0.05, 0) is 40.8 Å². The van der Waals surface area contributed by atoms with E-state index in [4.69, 9.17) is 16.3 Å². The van der Waals surface area contributed by atoms with Crippen LogP contribution in [0.3, 0.4) is 0 Å². The van der Waals surface area contributed by atoms with Crippen molar-refractivity contribution in [3.05, 3.63) is 32.4 Å². The Morgan fingerprint density at radius 3 is 2.80 bits per heavy atom. The predicted molar refractivity (Wildman–Crippen MR) is 66.2 cm³/mol. The van der Waals surface area contributed by atoms with Gasteiger partial charge in [-0.2, -0.15) is 0 Å². The largest absolute Gasteiger partial charge is 0.377 e. The summed E-state index contributed by atoms with van der Waals surface area (Å²) < 4.78 is 5.86. The van der Waals surface area contributed by atoms with Crippen molar-refractivity contribution in [1.29, 1.82) is 0 Å². The van der Waals surface area contributed by atoms with Crippen LogP contribution in [-0.4, -0.2) is 25.2 Å². The number of rotatable bonds is 2. The molecule has 1 aliphatic heterocycles. The van der Waals surface area contributed by atoms with Gasteiger partial charge in [-0.15, -0.1) is 0 Å². The first-order valence-electron chi connectivity index (χ1n) is 4.50. The van der Waals surface area contributed by atoms with Crippen LogP contribution in [-0.2, 0) is 4.74 Å². The summed E-state index contributed by atoms with van der Waals surface area (Å²) in [6.07, 6.45) is 0. The fraction of sp³-hybridized carbons (Fsp3) is 0.300. The molecular formula is C10H9ClINO2. The molecule has 0 atom stereocenters. The molecular weight excluding hydrogens is 328 g/mol. The highest BCUT2D eigenvalue weighted by Gasteiger charge is 2.21. The van der Waals surface area contributed by atoms with E-state index in [9.17, 15) is 4.79 Å². The van der Waals surface area contributed by atoms with Gasteiger partial charge in [-0.25, -0.2) is 0 Å². The van der Waals surface area contributed by atoms with Gasteiger partial charge in [0.05, 0.1) is 24.3 Å². The van der Waals surface area contributed by atoms with Gasteiger partial charge in [0.2, 0.25) is 0 Å². The van der Waals surface area contributed by atoms with E-state index in [1.807, 2.05) is 0 Å². The van der Waals surface area contributed by atoms with Gasteiger partial charge in [0.1, 0.15) is 0 Å². The van der Waals surface area contributed by atoms with Gasteiger partial charge in [0, 0.05) is 9.13 Å². The Labute approximate surface area is 106 Å². The maximum absolute atomic E-state index is 11.7. The van der Waals surface area contributed by atoms with E-state index in [0.717, 1.165) is 3.57 Å². The minimum atomic E-state index is -0.0714. The third-order valence-corrected chi connectivity index (χ3v) is 3.70. The van der Waals surface area contributed by atoms with Crippen LogP contribution in [0.2, 0.25) is 5.02 Å². The topological polar surface area (TPSA) is 38.3 Å². The molecule has 1 saturated heterocycles. The first kappa shape index (κ1) is 11.2. The van der Waals surface area contributed by atoms with E-state index in [-0.39, 0.29) is 11.9 Å². The Kier molecular flexibility index (Phi) is 3.48. The highest BCUT2D eigenvalue weighted by Crippen LogP contribution is 2.19. The molecule has 2 rings (SSSR count). The molecule has 1 aromatic rings. The van der Waals surface area contributed by atoms with Gasteiger partial charge >= 0.3 is 0 Å². The van der Waals surface area contributed by atoms with Crippen LogP contribution in [0.1, 0.15) is 10.4 Å². The third-order valence-electron chi connectivity index (χ3n) is 2.16. The van der Waals surface area contributed by atoms with Crippen molar-refractivity contribution < 1.29 is 9.53 Å². The summed E-state index contributed by atoms with van der Waals surface area (Å²) in [5.74, 6) is -0.0714. The van der Waals surface area contributed by atoms with Crippen molar-refractivity contribution >= 4 is 40.1 Å². The number of hydrogen-bond donors (Lipinski definition) is 1. The van der Waals surface area contributed by atoms with Gasteiger partial charge in [0.25, 0.3) is 5.91 Å². The summed E-state index contributed by atoms with van der Waals surface area (Å²) in [4.78, 5) is 11.7. The number of benzene rings is 1. The third kappa shape index (κ3) is 2.62. The highest BCUT2D eigenvalue weighted by atomic mass is 127. The number of carbonyl (C=O) groups excluding carboxylic acids is 1. The monoisotopic (exact) mass is 337 g/mol. The average molecular weight is 338 g/mol. The lowest BCUT2D eigenvalue weighted by atomic mass is 10.2. The molecule has 1 N–H and O–H groups in total. The standard InChI is InChI=1S/C10H9ClINO2/c11-8-2-1-6(3-9(8)12)10(14)13-7-4-15-5-7/h1-3,7H,4-5H2,(H,13,14). The van der Waals surface area contributed by atoms with Crippen molar-refractivity contribution in [2.24, 2.45) is 0 Å². The summed E-state index contributed by atoms with van der Waals surface area (Å²) in [6.45, 7) is 1.22. The maximum Gasteiger partial charge on any atom is 0.251 e. The van der Waals surface area contributed by atoms with Crippen LogP contribution >= 0.6 is 34.2 Å². The number of amides is 1. The minimum Gasteiger partial charge on any atom is -0.377 e. The molecule has 1 amide bonds. The first-order valence-corrected chi connectivity index (χ1v) is 5.96. The molecule has 0 aromatic heterocycles. The van der Waals surface area contributed by atoms with Crippen LogP contribution in [0.15, 0.2) is 18.2 Å². The van der Waals surface area contributed by atoms with Crippen LogP contribution in [0, 0.1) is 3.57 Å². The smallest absolute Gasteiger partial charge is 0.251 e. The first-order chi connectivity index (χ1) is 7.16. The number of ether oxygens (including phenoxy) is 1. The second-order valence-electron chi connectivity index (χ2n) is 3.34. The molecule has 0 aliphatic carbocycles. The molecule has 5 heteroatoms. The zero-order valence-corrected chi connectivity index (χ0v) is 10.7. The number of halogens is 2. The van der Waals surface area contributed by atoms with Crippen molar-refractivity contribution in [2.75, 3.05) is 13.2 Å². The molecule has 0 saturated carbocycles. The van der Waals surface area contributed by atoms with Crippen LogP contribution in [0.4, 0.5) is 0 Å². The lowest BCUT2D eigenvalue weighted by Gasteiger charge is -2.26. The van der Waals surface area contributed by atoms with Gasteiger partial charge < -0.3 is 10.1 Å². The molecule has 15 heavy (non-hydrogen) atoms. The Hall–Kier alpha value is -0.330. The number of carbonyl (C=O) groups is 1. The maximum atomic E-state index is 11.7. The molecule has 0 bridgehead atoms. The van der Waals surface area contributed by atoms with Crippen molar-refractivity contribution in [3.63, 3.8) is 0 Å². The van der Waals surface area contributed by atoms with Crippen molar-refractivity contribution in [3.8, 4) is 0 Å². The van der Waals surface area contributed by atoms with Crippen molar-refractivity contribution in [1.82, 2.24) is 5.32 Å². The second kappa shape index (κ2) is 4.67. The molecule has 1 heterocycles. The quantitative estimate of drug-likeness (QED) is 0.839. The molecule has 3 nitrogen and oxygen atoms in total. The van der Waals surface area contributed by atoms with E-state index >= 15 is 0 Å². The lowest BCUT2D eigenvalue weighted by molar-refractivity contribution is -0.00346. The molecule has 1 fully saturated rings. The number of hydrogen-bond acceptors (Lipinski definition) is 2. The zero-order valence-electron chi connectivity index (χ0n) is 7.80. The van der Waals surface area contributed by atoms with Gasteiger partial charge in [-0.1, -0.05) is 11.6 Å². The van der Waals surface area contributed by atoms with Gasteiger partial charge in [0.15, 0.2) is 0 Å². The van der Waals surface area contributed by atoms with E-state index in [1.165, 1.54) is 0 Å². The van der Waals surface area contributed by atoms with Crippen LogP contribution in [0.25, 0.3) is 0 Å². The molecule has 0 spiro atoms. The van der Waals surface area contributed by atoms with Crippen LogP contribution < -0.4 is 5.32 Å². The summed E-state index contributed by atoms with van der Waals surface area (Å²) >= 11 is 7.97. The Morgan fingerprint density at radius 2 is 2.27 bits per heavy atom. The predicted octanol–water partition coefficient (Wildman–Crippen LogP) is 2.07. The van der Waals surface area contributed by atoms with Crippen LogP contribution in [0.5, 0.6) is 0 Å². The average Bonchev–Trinajstić information content (AvgIpc) is 2.15. The zero-order chi connectivity index (χ0) is 10.8.